The minimum Gasteiger partial charge on any atom is -0.397 e. The van der Waals surface area contributed by atoms with E-state index in [4.69, 9.17) is 11.5 Å². The number of anilines is 2. The number of benzene rings is 1. The molecule has 0 radical (unpaired) electrons. The van der Waals surface area contributed by atoms with E-state index < -0.39 is 0 Å². The molecule has 0 unspecified atom stereocenters. The second-order valence-corrected chi connectivity index (χ2v) is 2.60. The van der Waals surface area contributed by atoms with Gasteiger partial charge >= 0.3 is 0 Å². The largest absolute Gasteiger partial charge is 0.397 e. The van der Waals surface area contributed by atoms with E-state index in [1.54, 1.807) is 24.5 Å². The molecular formula is C8H8N4. The summed E-state index contributed by atoms with van der Waals surface area (Å²) in [5, 5.41) is 9.39. The number of hydrogen-bond donors (Lipinski definition) is 2. The fourth-order valence-corrected chi connectivity index (χ4v) is 1.08. The van der Waals surface area contributed by atoms with E-state index in [0.717, 1.165) is 10.8 Å². The molecule has 0 saturated heterocycles. The minimum atomic E-state index is 0.579. The maximum absolute atomic E-state index is 5.61. The molecular weight excluding hydrogens is 152 g/mol. The average molecular weight is 160 g/mol. The predicted molar refractivity (Wildman–Crippen MR) is 48.4 cm³/mol. The van der Waals surface area contributed by atoms with Gasteiger partial charge in [0.25, 0.3) is 0 Å². The summed E-state index contributed by atoms with van der Waals surface area (Å²) < 4.78 is 0. The molecule has 1 heterocycles. The van der Waals surface area contributed by atoms with Crippen molar-refractivity contribution in [2.24, 2.45) is 0 Å². The van der Waals surface area contributed by atoms with Crippen LogP contribution in [-0.2, 0) is 0 Å². The van der Waals surface area contributed by atoms with Gasteiger partial charge in [-0.3, -0.25) is 0 Å². The van der Waals surface area contributed by atoms with E-state index >= 15 is 0 Å². The van der Waals surface area contributed by atoms with Crippen LogP contribution in [0.2, 0.25) is 0 Å². The Morgan fingerprint density at radius 3 is 1.67 bits per heavy atom. The van der Waals surface area contributed by atoms with Gasteiger partial charge < -0.3 is 11.5 Å². The van der Waals surface area contributed by atoms with Crippen LogP contribution in [0.4, 0.5) is 11.4 Å². The Morgan fingerprint density at radius 2 is 1.25 bits per heavy atom. The monoisotopic (exact) mass is 160 g/mol. The average Bonchev–Trinajstić information content (AvgIpc) is 2.07. The highest BCUT2D eigenvalue weighted by atomic mass is 15.1. The Kier molecular flexibility index (Phi) is 1.33. The van der Waals surface area contributed by atoms with Crippen molar-refractivity contribution in [3.05, 3.63) is 24.5 Å². The van der Waals surface area contributed by atoms with Gasteiger partial charge in [-0.2, -0.15) is 10.2 Å². The Labute approximate surface area is 69.2 Å². The fraction of sp³-hybridized carbons (Fsp3) is 0. The van der Waals surface area contributed by atoms with Gasteiger partial charge in [0, 0.05) is 10.8 Å². The molecule has 12 heavy (non-hydrogen) atoms. The van der Waals surface area contributed by atoms with Gasteiger partial charge in [0.15, 0.2) is 0 Å². The first-order chi connectivity index (χ1) is 5.77. The summed E-state index contributed by atoms with van der Waals surface area (Å²) in [4.78, 5) is 0. The van der Waals surface area contributed by atoms with Crippen molar-refractivity contribution in [3.8, 4) is 0 Å². The molecule has 1 aromatic heterocycles. The summed E-state index contributed by atoms with van der Waals surface area (Å²) in [7, 11) is 0. The Bertz CT molecular complexity index is 384. The Hall–Kier alpha value is -1.84. The van der Waals surface area contributed by atoms with Crippen LogP contribution in [0.1, 0.15) is 0 Å². The van der Waals surface area contributed by atoms with Gasteiger partial charge in [-0.15, -0.1) is 0 Å². The van der Waals surface area contributed by atoms with Crippen LogP contribution in [0, 0.1) is 0 Å². The van der Waals surface area contributed by atoms with E-state index in [9.17, 15) is 0 Å². The predicted octanol–water partition coefficient (Wildman–Crippen LogP) is 0.794. The summed E-state index contributed by atoms with van der Waals surface area (Å²) in [6.07, 6.45) is 3.32. The molecule has 2 aromatic rings. The summed E-state index contributed by atoms with van der Waals surface area (Å²) in [6, 6.07) is 3.58. The molecule has 0 saturated carbocycles. The quantitative estimate of drug-likeness (QED) is 0.558. The Morgan fingerprint density at radius 1 is 0.833 bits per heavy atom. The molecule has 60 valence electrons. The van der Waals surface area contributed by atoms with Gasteiger partial charge in [-0.25, -0.2) is 0 Å². The second kappa shape index (κ2) is 2.34. The number of fused-ring (bicyclic) bond motifs is 1. The van der Waals surface area contributed by atoms with Gasteiger partial charge in [0.1, 0.15) is 0 Å². The summed E-state index contributed by atoms with van der Waals surface area (Å²) >= 11 is 0. The number of rotatable bonds is 0. The number of nitrogens with zero attached hydrogens (tertiary/aromatic N) is 2. The first kappa shape index (κ1) is 6.84. The molecule has 0 bridgehead atoms. The highest BCUT2D eigenvalue weighted by molar-refractivity contribution is 5.89. The van der Waals surface area contributed by atoms with Crippen molar-refractivity contribution >= 4 is 22.1 Å². The van der Waals surface area contributed by atoms with Crippen molar-refractivity contribution in [2.75, 3.05) is 11.5 Å². The number of hydrogen-bond acceptors (Lipinski definition) is 4. The molecule has 0 aliphatic carbocycles. The van der Waals surface area contributed by atoms with Crippen LogP contribution in [-0.4, -0.2) is 10.2 Å². The number of nitrogen functional groups attached to an aromatic ring is 2. The molecule has 4 nitrogen and oxygen atoms in total. The molecule has 0 atom stereocenters. The van der Waals surface area contributed by atoms with Gasteiger partial charge in [0.05, 0.1) is 23.8 Å². The number of aromatic nitrogens is 2. The van der Waals surface area contributed by atoms with E-state index in [1.807, 2.05) is 0 Å². The lowest BCUT2D eigenvalue weighted by Crippen LogP contribution is -1.94. The lowest BCUT2D eigenvalue weighted by atomic mass is 10.1. The lowest BCUT2D eigenvalue weighted by Gasteiger charge is -2.01. The highest BCUT2D eigenvalue weighted by Gasteiger charge is 1.97. The zero-order chi connectivity index (χ0) is 8.55. The van der Waals surface area contributed by atoms with E-state index in [2.05, 4.69) is 10.2 Å². The molecule has 0 fully saturated rings. The molecule has 4 N–H and O–H groups in total. The summed E-state index contributed by atoms with van der Waals surface area (Å²) in [5.74, 6) is 0. The van der Waals surface area contributed by atoms with E-state index in [1.165, 1.54) is 0 Å². The third-order valence-corrected chi connectivity index (χ3v) is 1.75. The van der Waals surface area contributed by atoms with Crippen LogP contribution in [0.25, 0.3) is 10.8 Å². The van der Waals surface area contributed by atoms with Crippen LogP contribution < -0.4 is 11.5 Å². The van der Waals surface area contributed by atoms with Crippen molar-refractivity contribution in [1.29, 1.82) is 0 Å². The third kappa shape index (κ3) is 0.934. The van der Waals surface area contributed by atoms with Crippen molar-refractivity contribution in [2.45, 2.75) is 0 Å². The van der Waals surface area contributed by atoms with Crippen LogP contribution in [0.3, 0.4) is 0 Å². The zero-order valence-corrected chi connectivity index (χ0v) is 6.36. The van der Waals surface area contributed by atoms with Gasteiger partial charge in [0.2, 0.25) is 0 Å². The minimum absolute atomic E-state index is 0.579. The van der Waals surface area contributed by atoms with Crippen molar-refractivity contribution < 1.29 is 0 Å². The smallest absolute Gasteiger partial charge is 0.0575 e. The SMILES string of the molecule is Nc1cc2cnncc2cc1N. The lowest BCUT2D eigenvalue weighted by molar-refractivity contribution is 1.05. The standard InChI is InChI=1S/C8H8N4/c9-7-1-5-3-11-12-4-6(5)2-8(7)10/h1-4H,9-10H2. The van der Waals surface area contributed by atoms with Crippen LogP contribution >= 0.6 is 0 Å². The van der Waals surface area contributed by atoms with E-state index in [0.29, 0.717) is 11.4 Å². The maximum atomic E-state index is 5.61. The summed E-state index contributed by atoms with van der Waals surface area (Å²) in [6.45, 7) is 0. The zero-order valence-electron chi connectivity index (χ0n) is 6.36. The first-order valence-electron chi connectivity index (χ1n) is 3.53. The first-order valence-corrected chi connectivity index (χ1v) is 3.53. The van der Waals surface area contributed by atoms with Crippen molar-refractivity contribution in [1.82, 2.24) is 10.2 Å². The van der Waals surface area contributed by atoms with Crippen molar-refractivity contribution in [3.63, 3.8) is 0 Å². The van der Waals surface area contributed by atoms with Crippen LogP contribution in [0.15, 0.2) is 24.5 Å². The number of nitrogens with two attached hydrogens (primary N) is 2. The normalized spacial score (nSPS) is 10.3. The molecule has 0 aliphatic heterocycles. The fourth-order valence-electron chi connectivity index (χ4n) is 1.08. The molecule has 0 aliphatic rings. The molecule has 1 aromatic carbocycles. The molecule has 0 spiro atoms. The van der Waals surface area contributed by atoms with Gasteiger partial charge in [-0.05, 0) is 12.1 Å². The van der Waals surface area contributed by atoms with Crippen LogP contribution in [0.5, 0.6) is 0 Å². The second-order valence-electron chi connectivity index (χ2n) is 2.60. The molecule has 0 amide bonds. The van der Waals surface area contributed by atoms with Gasteiger partial charge in [-0.1, -0.05) is 0 Å². The summed E-state index contributed by atoms with van der Waals surface area (Å²) in [5.41, 5.74) is 12.4. The Balaban J connectivity index is 2.84. The molecule has 4 heteroatoms. The highest BCUT2D eigenvalue weighted by Crippen LogP contribution is 2.21. The maximum Gasteiger partial charge on any atom is 0.0575 e. The molecule has 2 rings (SSSR count). The van der Waals surface area contributed by atoms with E-state index in [-0.39, 0.29) is 0 Å². The topological polar surface area (TPSA) is 77.8 Å². The third-order valence-electron chi connectivity index (χ3n) is 1.75.